The van der Waals surface area contributed by atoms with Crippen LogP contribution in [0.25, 0.3) is 42.4 Å². The third-order valence-electron chi connectivity index (χ3n) is 7.14. The van der Waals surface area contributed by atoms with Crippen LogP contribution in [0.2, 0.25) is 19.6 Å². The van der Waals surface area contributed by atoms with E-state index in [-0.39, 0.29) is 5.41 Å². The van der Waals surface area contributed by atoms with Gasteiger partial charge in [-0.15, -0.1) is 11.3 Å². The minimum atomic E-state index is -1.49. The van der Waals surface area contributed by atoms with Gasteiger partial charge in [-0.1, -0.05) is 64.7 Å². The predicted octanol–water partition coefficient (Wildman–Crippen LogP) is 8.49. The monoisotopic (exact) mass is 457 g/mol. The lowest BCUT2D eigenvalue weighted by Gasteiger charge is -2.29. The summed E-state index contributed by atoms with van der Waals surface area (Å²) in [5.41, 5.74) is 4.86. The molecule has 164 valence electrons. The fourth-order valence-corrected chi connectivity index (χ4v) is 6.89. The molecule has 0 bridgehead atoms. The van der Waals surface area contributed by atoms with E-state index in [1.165, 1.54) is 42.1 Å². The molecular formula is C28H31NOSSi. The van der Waals surface area contributed by atoms with Crippen LogP contribution in [-0.2, 0) is 5.41 Å². The Hall–Kier alpha value is -2.43. The Morgan fingerprint density at radius 2 is 1.72 bits per heavy atom. The van der Waals surface area contributed by atoms with Crippen molar-refractivity contribution in [1.82, 2.24) is 4.98 Å². The first-order valence-electron chi connectivity index (χ1n) is 11.6. The number of rotatable bonds is 5. The molecule has 0 saturated carbocycles. The van der Waals surface area contributed by atoms with Crippen molar-refractivity contribution in [2.24, 2.45) is 0 Å². The Kier molecular flexibility index (Phi) is 5.06. The van der Waals surface area contributed by atoms with Gasteiger partial charge in [-0.05, 0) is 58.9 Å². The van der Waals surface area contributed by atoms with Gasteiger partial charge in [-0.25, -0.2) is 0 Å². The molecule has 5 rings (SSSR count). The van der Waals surface area contributed by atoms with Gasteiger partial charge in [0.05, 0.1) is 20.5 Å². The van der Waals surface area contributed by atoms with Crippen LogP contribution in [0.4, 0.5) is 0 Å². The Morgan fingerprint density at radius 1 is 0.969 bits per heavy atom. The molecule has 0 aliphatic heterocycles. The summed E-state index contributed by atoms with van der Waals surface area (Å²) in [7, 11) is -1.49. The van der Waals surface area contributed by atoms with E-state index in [0.29, 0.717) is 0 Å². The molecule has 0 aliphatic carbocycles. The number of aromatic nitrogens is 1. The molecule has 0 amide bonds. The fourth-order valence-electron chi connectivity index (χ4n) is 4.63. The summed E-state index contributed by atoms with van der Waals surface area (Å²) >= 11 is 1.82. The largest absolute Gasteiger partial charge is 0.465 e. The highest BCUT2D eigenvalue weighted by Gasteiger charge is 2.27. The van der Waals surface area contributed by atoms with E-state index in [1.54, 1.807) is 0 Å². The highest BCUT2D eigenvalue weighted by molar-refractivity contribution is 7.26. The maximum atomic E-state index is 6.40. The van der Waals surface area contributed by atoms with Gasteiger partial charge in [0.2, 0.25) is 0 Å². The summed E-state index contributed by atoms with van der Waals surface area (Å²) in [5, 5.41) is 5.00. The molecule has 0 aliphatic rings. The summed E-state index contributed by atoms with van der Waals surface area (Å²) in [5.74, 6) is 0. The van der Waals surface area contributed by atoms with Crippen molar-refractivity contribution in [3.05, 3.63) is 60.3 Å². The molecule has 0 fully saturated rings. The van der Waals surface area contributed by atoms with Crippen molar-refractivity contribution in [2.45, 2.75) is 58.7 Å². The van der Waals surface area contributed by atoms with E-state index in [4.69, 9.17) is 9.40 Å². The molecule has 0 atom stereocenters. The zero-order valence-electron chi connectivity index (χ0n) is 19.9. The van der Waals surface area contributed by atoms with Crippen LogP contribution in [0.5, 0.6) is 0 Å². The van der Waals surface area contributed by atoms with E-state index in [1.807, 2.05) is 17.5 Å². The number of nitrogens with zero attached hydrogens (tertiary/aromatic N) is 1. The second-order valence-corrected chi connectivity index (χ2v) is 16.3. The van der Waals surface area contributed by atoms with Crippen LogP contribution >= 0.6 is 11.3 Å². The maximum Gasteiger partial charge on any atom is 0.152 e. The highest BCUT2D eigenvalue weighted by Crippen LogP contribution is 2.43. The number of hydrogen-bond donors (Lipinski definition) is 0. The zero-order valence-corrected chi connectivity index (χ0v) is 21.7. The first kappa shape index (κ1) is 21.4. The number of thiophene rings is 1. The number of hydrogen-bond acceptors (Lipinski definition) is 3. The summed E-state index contributed by atoms with van der Waals surface area (Å²) in [6, 6.07) is 17.9. The molecule has 3 aromatic heterocycles. The first-order chi connectivity index (χ1) is 15.2. The predicted molar refractivity (Wildman–Crippen MR) is 143 cm³/mol. The van der Waals surface area contributed by atoms with Gasteiger partial charge in [-0.2, -0.15) is 0 Å². The molecular weight excluding hydrogens is 426 g/mol. The number of fused-ring (bicyclic) bond motifs is 4. The molecule has 3 heterocycles. The Labute approximate surface area is 195 Å². The third kappa shape index (κ3) is 3.32. The van der Waals surface area contributed by atoms with Gasteiger partial charge in [0.15, 0.2) is 5.58 Å². The van der Waals surface area contributed by atoms with Gasteiger partial charge in [0.25, 0.3) is 0 Å². The van der Waals surface area contributed by atoms with E-state index < -0.39 is 8.07 Å². The lowest BCUT2D eigenvalue weighted by Crippen LogP contribution is -2.36. The summed E-state index contributed by atoms with van der Waals surface area (Å²) in [6.45, 7) is 14.0. The van der Waals surface area contributed by atoms with Gasteiger partial charge < -0.3 is 4.42 Å². The molecule has 0 saturated heterocycles. The number of pyridine rings is 1. The SMILES string of the molecule is CCC(C)(CC)c1cc(-c2nccc3c2sc2cc([Si](C)(C)C)oc23)cc2ccccc12. The van der Waals surface area contributed by atoms with Gasteiger partial charge in [-0.3, -0.25) is 4.98 Å². The molecule has 0 N–H and O–H groups in total. The van der Waals surface area contributed by atoms with Crippen molar-refractivity contribution >= 4 is 55.9 Å². The Bertz CT molecular complexity index is 1450. The number of benzene rings is 2. The minimum Gasteiger partial charge on any atom is -0.465 e. The molecule has 0 radical (unpaired) electrons. The third-order valence-corrected chi connectivity index (χ3v) is 10.0. The van der Waals surface area contributed by atoms with Crippen LogP contribution < -0.4 is 5.38 Å². The summed E-state index contributed by atoms with van der Waals surface area (Å²) < 4.78 is 8.86. The second kappa shape index (κ2) is 7.57. The normalized spacial score (nSPS) is 12.9. The summed E-state index contributed by atoms with van der Waals surface area (Å²) in [6.07, 6.45) is 4.16. The second-order valence-electron chi connectivity index (χ2n) is 10.2. The molecule has 5 aromatic rings. The van der Waals surface area contributed by atoms with Gasteiger partial charge in [0.1, 0.15) is 8.07 Å². The standard InChI is InChI=1S/C28H31NOSSi/c1-7-28(3,8-2)22-16-19(15-18-11-9-10-12-20(18)22)25-27-21(13-14-29-25)26-23(31-27)17-24(30-26)32(4,5)6/h9-17H,7-8H2,1-6H3. The van der Waals surface area contributed by atoms with Crippen molar-refractivity contribution in [3.63, 3.8) is 0 Å². The lowest BCUT2D eigenvalue weighted by atomic mass is 9.75. The van der Waals surface area contributed by atoms with Gasteiger partial charge in [0, 0.05) is 17.1 Å². The van der Waals surface area contributed by atoms with E-state index >= 15 is 0 Å². The molecule has 0 unspecified atom stereocenters. The summed E-state index contributed by atoms with van der Waals surface area (Å²) in [4.78, 5) is 4.88. The van der Waals surface area contributed by atoms with Crippen LogP contribution in [0.3, 0.4) is 0 Å². The maximum absolute atomic E-state index is 6.40. The van der Waals surface area contributed by atoms with Crippen LogP contribution in [0.15, 0.2) is 59.1 Å². The lowest BCUT2D eigenvalue weighted by molar-refractivity contribution is 0.443. The quantitative estimate of drug-likeness (QED) is 0.247. The first-order valence-corrected chi connectivity index (χ1v) is 15.9. The average molecular weight is 458 g/mol. The van der Waals surface area contributed by atoms with Crippen LogP contribution in [0.1, 0.15) is 39.2 Å². The van der Waals surface area contributed by atoms with E-state index in [2.05, 4.69) is 88.9 Å². The Balaban J connectivity index is 1.78. The van der Waals surface area contributed by atoms with Crippen molar-refractivity contribution in [3.8, 4) is 11.3 Å². The van der Waals surface area contributed by atoms with Crippen LogP contribution in [-0.4, -0.2) is 13.1 Å². The smallest absolute Gasteiger partial charge is 0.152 e. The molecule has 32 heavy (non-hydrogen) atoms. The van der Waals surface area contributed by atoms with E-state index in [9.17, 15) is 0 Å². The molecule has 0 spiro atoms. The molecule has 2 aromatic carbocycles. The molecule has 4 heteroatoms. The fraction of sp³-hybridized carbons (Fsp3) is 0.321. The topological polar surface area (TPSA) is 26.0 Å². The minimum absolute atomic E-state index is 0.138. The average Bonchev–Trinajstić information content (AvgIpc) is 3.36. The van der Waals surface area contributed by atoms with Crippen molar-refractivity contribution < 1.29 is 4.42 Å². The molecule has 2 nitrogen and oxygen atoms in total. The number of furan rings is 1. The van der Waals surface area contributed by atoms with Crippen molar-refractivity contribution in [1.29, 1.82) is 0 Å². The van der Waals surface area contributed by atoms with Gasteiger partial charge >= 0.3 is 0 Å². The highest BCUT2D eigenvalue weighted by atomic mass is 32.1. The van der Waals surface area contributed by atoms with Crippen LogP contribution in [0, 0.1) is 0 Å². The zero-order chi connectivity index (χ0) is 22.7. The van der Waals surface area contributed by atoms with Crippen molar-refractivity contribution in [2.75, 3.05) is 0 Å². The Morgan fingerprint density at radius 3 is 2.44 bits per heavy atom. The van der Waals surface area contributed by atoms with E-state index in [0.717, 1.165) is 24.1 Å².